The molecule has 0 aromatic rings. The van der Waals surface area contributed by atoms with E-state index in [1.165, 1.54) is 25.7 Å². The highest BCUT2D eigenvalue weighted by Gasteiger charge is 2.69. The Balaban J connectivity index is 0.942. The molecule has 0 amide bonds. The van der Waals surface area contributed by atoms with E-state index in [0.29, 0.717) is 41.4 Å². The fraction of sp³-hybridized carbons (Fsp3) is 1.00. The number of ether oxygens (including phenoxy) is 6. The molecule has 4 aliphatic carbocycles. The van der Waals surface area contributed by atoms with Crippen LogP contribution in [0, 0.1) is 52.3 Å². The zero-order chi connectivity index (χ0) is 36.9. The zero-order valence-electron chi connectivity index (χ0n) is 31.2. The van der Waals surface area contributed by atoms with E-state index in [4.69, 9.17) is 28.4 Å². The van der Waals surface area contributed by atoms with Crippen molar-refractivity contribution in [3.63, 3.8) is 0 Å². The lowest BCUT2D eigenvalue weighted by atomic mass is 9.44. The Morgan fingerprint density at radius 2 is 1.37 bits per heavy atom. The number of aliphatic hydroxyl groups is 7. The Bertz CT molecular complexity index is 1260. The van der Waals surface area contributed by atoms with Gasteiger partial charge in [0.2, 0.25) is 0 Å². The molecule has 0 radical (unpaired) electrons. The number of hydrogen-bond acceptors (Lipinski definition) is 13. The van der Waals surface area contributed by atoms with Gasteiger partial charge in [-0.05, 0) is 104 Å². The van der Waals surface area contributed by atoms with E-state index >= 15 is 0 Å². The number of hydrogen-bond donors (Lipinski definition) is 7. The van der Waals surface area contributed by atoms with E-state index in [9.17, 15) is 35.7 Å². The third kappa shape index (κ3) is 5.98. The maximum absolute atomic E-state index is 11.1. The largest absolute Gasteiger partial charge is 0.394 e. The third-order valence-electron chi connectivity index (χ3n) is 16.2. The molecule has 8 fully saturated rings. The van der Waals surface area contributed by atoms with Crippen LogP contribution in [0.2, 0.25) is 0 Å². The van der Waals surface area contributed by atoms with Crippen molar-refractivity contribution in [1.29, 1.82) is 0 Å². The highest BCUT2D eigenvalue weighted by atomic mass is 16.8. The van der Waals surface area contributed by atoms with Crippen molar-refractivity contribution in [2.24, 2.45) is 52.3 Å². The van der Waals surface area contributed by atoms with Crippen LogP contribution in [0.15, 0.2) is 0 Å². The fourth-order valence-electron chi connectivity index (χ4n) is 13.2. The first-order valence-electron chi connectivity index (χ1n) is 20.3. The summed E-state index contributed by atoms with van der Waals surface area (Å²) < 4.78 is 37.5. The second-order valence-corrected chi connectivity index (χ2v) is 18.7. The van der Waals surface area contributed by atoms with Crippen LogP contribution in [0.4, 0.5) is 0 Å². The van der Waals surface area contributed by atoms with Gasteiger partial charge < -0.3 is 64.2 Å². The van der Waals surface area contributed by atoms with Gasteiger partial charge in [-0.2, -0.15) is 0 Å². The maximum atomic E-state index is 11.1. The molecule has 8 rings (SSSR count). The molecule has 4 saturated heterocycles. The van der Waals surface area contributed by atoms with E-state index in [1.54, 1.807) is 0 Å². The van der Waals surface area contributed by atoms with Gasteiger partial charge in [0.1, 0.15) is 48.8 Å². The van der Waals surface area contributed by atoms with Crippen LogP contribution in [0.1, 0.15) is 91.9 Å². The molecular weight excluding hydrogens is 676 g/mol. The van der Waals surface area contributed by atoms with Gasteiger partial charge in [-0.1, -0.05) is 27.7 Å². The molecule has 0 bridgehead atoms. The second kappa shape index (κ2) is 14.1. The SMILES string of the molecule is C[C@@H]1CC[C@@]2(OC1)O[C@H]1C[C@H]3[C@@H]4CC[C@@H]5C[C@@H](O[C@@H]6O[C@H](CO)[C@H](O)[C@H](O)[C@H]6O[C@@H]6O[C@H](CO)C(O)C(O)C6O)CC[C@]5(C)[C@H]4CC[C@]3(C)[C@H]1[C@@H]2C. The summed E-state index contributed by atoms with van der Waals surface area (Å²) in [4.78, 5) is 0. The minimum absolute atomic E-state index is 0.168. The minimum Gasteiger partial charge on any atom is -0.394 e. The maximum Gasteiger partial charge on any atom is 0.187 e. The summed E-state index contributed by atoms with van der Waals surface area (Å²) in [5, 5.41) is 72.7. The van der Waals surface area contributed by atoms with Crippen molar-refractivity contribution >= 4 is 0 Å². The third-order valence-corrected chi connectivity index (χ3v) is 16.2. The Morgan fingerprint density at radius 3 is 2.06 bits per heavy atom. The molecule has 8 aliphatic rings. The van der Waals surface area contributed by atoms with Crippen LogP contribution in [0.3, 0.4) is 0 Å². The molecule has 13 nitrogen and oxygen atoms in total. The molecule has 0 aromatic carbocycles. The Labute approximate surface area is 307 Å². The van der Waals surface area contributed by atoms with Crippen molar-refractivity contribution < 1.29 is 64.2 Å². The molecule has 4 heterocycles. The Hall–Kier alpha value is -0.520. The van der Waals surface area contributed by atoms with Gasteiger partial charge >= 0.3 is 0 Å². The van der Waals surface area contributed by atoms with E-state index < -0.39 is 80.4 Å². The van der Waals surface area contributed by atoms with Gasteiger partial charge in [-0.3, -0.25) is 0 Å². The zero-order valence-corrected chi connectivity index (χ0v) is 31.2. The van der Waals surface area contributed by atoms with E-state index in [0.717, 1.165) is 45.1 Å². The van der Waals surface area contributed by atoms with E-state index in [1.807, 2.05) is 0 Å². The molecule has 7 N–H and O–H groups in total. The van der Waals surface area contributed by atoms with Crippen molar-refractivity contribution in [2.45, 2.75) is 171 Å². The van der Waals surface area contributed by atoms with Gasteiger partial charge in [0.25, 0.3) is 0 Å². The number of fused-ring (bicyclic) bond motifs is 7. The lowest BCUT2D eigenvalue weighted by Gasteiger charge is -2.61. The van der Waals surface area contributed by atoms with Crippen LogP contribution in [0.25, 0.3) is 0 Å². The summed E-state index contributed by atoms with van der Waals surface area (Å²) in [6, 6.07) is 0. The molecule has 0 aromatic heterocycles. The van der Waals surface area contributed by atoms with Gasteiger partial charge in [-0.15, -0.1) is 0 Å². The topological polar surface area (TPSA) is 197 Å². The van der Waals surface area contributed by atoms with Crippen LogP contribution in [-0.4, -0.2) is 135 Å². The molecule has 22 atom stereocenters. The lowest BCUT2D eigenvalue weighted by molar-refractivity contribution is -0.373. The summed E-state index contributed by atoms with van der Waals surface area (Å²) in [6.07, 6.45) is -3.88. The van der Waals surface area contributed by atoms with Crippen LogP contribution in [-0.2, 0) is 28.4 Å². The average molecular weight is 741 g/mol. The van der Waals surface area contributed by atoms with Crippen LogP contribution in [0.5, 0.6) is 0 Å². The first-order valence-corrected chi connectivity index (χ1v) is 20.3. The van der Waals surface area contributed by atoms with Gasteiger partial charge in [0.15, 0.2) is 18.4 Å². The summed E-state index contributed by atoms with van der Waals surface area (Å²) in [7, 11) is 0. The van der Waals surface area contributed by atoms with Crippen molar-refractivity contribution in [1.82, 2.24) is 0 Å². The monoisotopic (exact) mass is 740 g/mol. The average Bonchev–Trinajstić information content (AvgIpc) is 3.58. The highest BCUT2D eigenvalue weighted by molar-refractivity contribution is 5.15. The first kappa shape index (κ1) is 38.4. The summed E-state index contributed by atoms with van der Waals surface area (Å²) in [5.74, 6) is 3.51. The van der Waals surface area contributed by atoms with Gasteiger partial charge in [0, 0.05) is 12.3 Å². The minimum atomic E-state index is -1.71. The molecule has 13 heteroatoms. The summed E-state index contributed by atoms with van der Waals surface area (Å²) in [5.41, 5.74) is 0.425. The van der Waals surface area contributed by atoms with Crippen molar-refractivity contribution in [3.8, 4) is 0 Å². The predicted octanol–water partition coefficient (Wildman–Crippen LogP) is 1.44. The van der Waals surface area contributed by atoms with Gasteiger partial charge in [0.05, 0.1) is 32.0 Å². The smallest absolute Gasteiger partial charge is 0.187 e. The molecule has 4 aliphatic heterocycles. The van der Waals surface area contributed by atoms with E-state index in [2.05, 4.69) is 27.7 Å². The summed E-state index contributed by atoms with van der Waals surface area (Å²) in [6.45, 7) is 9.33. The quantitative estimate of drug-likeness (QED) is 0.194. The van der Waals surface area contributed by atoms with E-state index in [-0.39, 0.29) is 23.0 Å². The molecule has 1 spiro atoms. The number of rotatable bonds is 6. The molecular formula is C39H64O13. The van der Waals surface area contributed by atoms with Crippen LogP contribution >= 0.6 is 0 Å². The fourth-order valence-corrected chi connectivity index (χ4v) is 13.2. The molecule has 4 saturated carbocycles. The normalized spacial score (nSPS) is 59.0. The van der Waals surface area contributed by atoms with Crippen molar-refractivity contribution in [2.75, 3.05) is 19.8 Å². The Morgan fingerprint density at radius 1 is 0.673 bits per heavy atom. The Kier molecular flexibility index (Phi) is 10.4. The van der Waals surface area contributed by atoms with Gasteiger partial charge in [-0.25, -0.2) is 0 Å². The standard InChI is InChI=1S/C39H64O13/c1-18-7-12-39(47-17-18)19(2)28-25(52-39)14-24-22-6-5-20-13-21(8-10-37(20,3)23(22)9-11-38(24,28)4)48-36-34(32(45)30(43)27(16-41)50-36)51-35-33(46)31(44)29(42)26(15-40)49-35/h18-36,40-46H,5-17H2,1-4H3/t18-,19+,20-,21+,22-,23+,24+,25+,26-,27-,28+,29?,30+,31?,32+,33?,34-,35+,36-,37+,38+,39-/m1/s1. The first-order chi connectivity index (χ1) is 24.7. The lowest BCUT2D eigenvalue weighted by Crippen LogP contribution is -2.65. The van der Waals surface area contributed by atoms with Crippen molar-refractivity contribution in [3.05, 3.63) is 0 Å². The number of aliphatic hydroxyl groups excluding tert-OH is 7. The highest BCUT2D eigenvalue weighted by Crippen LogP contribution is 2.71. The molecule has 52 heavy (non-hydrogen) atoms. The van der Waals surface area contributed by atoms with Crippen LogP contribution < -0.4 is 0 Å². The molecule has 298 valence electrons. The predicted molar refractivity (Wildman–Crippen MR) is 183 cm³/mol. The molecule has 3 unspecified atom stereocenters. The second-order valence-electron chi connectivity index (χ2n) is 18.7. The summed E-state index contributed by atoms with van der Waals surface area (Å²) >= 11 is 0.